The fraction of sp³-hybridized carbons (Fsp3) is 0.280. The summed E-state index contributed by atoms with van der Waals surface area (Å²) < 4.78 is 49.1. The number of nitrogens with one attached hydrogen (secondary N) is 1. The number of aryl methyl sites for hydroxylation is 1. The molecular weight excluding hydrogens is 477 g/mol. The van der Waals surface area contributed by atoms with Gasteiger partial charge < -0.3 is 4.52 Å². The van der Waals surface area contributed by atoms with Crippen LogP contribution in [-0.4, -0.2) is 13.6 Å². The maximum Gasteiger partial charge on any atom is 0.282 e. The molecule has 0 heterocycles. The van der Waals surface area contributed by atoms with E-state index in [0.717, 1.165) is 5.56 Å². The molecule has 3 rings (SSSR count). The SMILES string of the molecule is Cc1ccc(S(=O)(=O)N[C@@H](C)c2cc(Cl)ccc2OP(=O)(c2ccccc2)C(C)(C)C)cc1. The van der Waals surface area contributed by atoms with Crippen LogP contribution < -0.4 is 14.6 Å². The summed E-state index contributed by atoms with van der Waals surface area (Å²) in [6, 6.07) is 19.9. The van der Waals surface area contributed by atoms with Gasteiger partial charge in [-0.3, -0.25) is 4.57 Å². The van der Waals surface area contributed by atoms with Crippen molar-refractivity contribution in [2.75, 3.05) is 0 Å². The van der Waals surface area contributed by atoms with Crippen LogP contribution in [0.1, 0.15) is 44.9 Å². The van der Waals surface area contributed by atoms with Gasteiger partial charge in [-0.1, -0.05) is 47.5 Å². The average Bonchev–Trinajstić information content (AvgIpc) is 2.74. The molecule has 0 aromatic heterocycles. The summed E-state index contributed by atoms with van der Waals surface area (Å²) in [6.45, 7) is 9.18. The Hall–Kier alpha value is -2.11. The average molecular weight is 506 g/mol. The van der Waals surface area contributed by atoms with Crippen molar-refractivity contribution in [1.82, 2.24) is 4.72 Å². The lowest BCUT2D eigenvalue weighted by Crippen LogP contribution is -2.29. The van der Waals surface area contributed by atoms with Crippen molar-refractivity contribution < 1.29 is 17.5 Å². The zero-order valence-electron chi connectivity index (χ0n) is 19.4. The first-order valence-corrected chi connectivity index (χ1v) is 14.1. The monoisotopic (exact) mass is 505 g/mol. The van der Waals surface area contributed by atoms with Crippen LogP contribution in [0.15, 0.2) is 77.7 Å². The molecule has 2 atom stereocenters. The van der Waals surface area contributed by atoms with Gasteiger partial charge in [0.05, 0.1) is 10.1 Å². The first kappa shape index (κ1) is 25.5. The second kappa shape index (κ2) is 9.63. The first-order valence-electron chi connectivity index (χ1n) is 10.6. The molecular formula is C25H29ClNO4PS. The Morgan fingerprint density at radius 2 is 1.58 bits per heavy atom. The standard InChI is InChI=1S/C25H29ClNO4PS/c1-18-11-14-22(15-12-18)33(29,30)27-19(2)23-17-20(26)13-16-24(23)31-32(28,25(3,4)5)21-9-7-6-8-10-21/h6-17,19,27H,1-5H3/t19-,32?/m0/s1. The second-order valence-corrected chi connectivity index (χ2v) is 14.3. The van der Waals surface area contributed by atoms with E-state index >= 15 is 0 Å². The van der Waals surface area contributed by atoms with Gasteiger partial charge in [-0.25, -0.2) is 13.1 Å². The molecule has 0 amide bonds. The van der Waals surface area contributed by atoms with Crippen molar-refractivity contribution in [2.45, 2.75) is 50.7 Å². The van der Waals surface area contributed by atoms with E-state index < -0.39 is 28.6 Å². The zero-order valence-corrected chi connectivity index (χ0v) is 21.8. The molecule has 0 aliphatic rings. The van der Waals surface area contributed by atoms with Gasteiger partial charge in [0.25, 0.3) is 7.37 Å². The number of sulfonamides is 1. The highest BCUT2D eigenvalue weighted by Gasteiger charge is 2.41. The molecule has 176 valence electrons. The summed E-state index contributed by atoms with van der Waals surface area (Å²) in [5.41, 5.74) is 1.46. The van der Waals surface area contributed by atoms with Crippen LogP contribution in [0.5, 0.6) is 5.75 Å². The summed E-state index contributed by atoms with van der Waals surface area (Å²) in [6.07, 6.45) is 0. The Labute approximate surface area is 201 Å². The molecule has 0 aliphatic carbocycles. The molecule has 0 spiro atoms. The van der Waals surface area contributed by atoms with Gasteiger partial charge in [0.1, 0.15) is 5.75 Å². The molecule has 33 heavy (non-hydrogen) atoms. The molecule has 0 saturated heterocycles. The van der Waals surface area contributed by atoms with E-state index in [1.54, 1.807) is 61.5 Å². The Bertz CT molecular complexity index is 1270. The van der Waals surface area contributed by atoms with Crippen LogP contribution in [-0.2, 0) is 14.6 Å². The molecule has 0 saturated carbocycles. The third kappa shape index (κ3) is 5.70. The summed E-state index contributed by atoms with van der Waals surface area (Å²) in [5, 5.41) is 0.311. The lowest BCUT2D eigenvalue weighted by atomic mass is 10.1. The highest BCUT2D eigenvalue weighted by atomic mass is 35.5. The van der Waals surface area contributed by atoms with E-state index in [1.807, 2.05) is 45.9 Å². The van der Waals surface area contributed by atoms with Gasteiger partial charge in [-0.05, 0) is 77.1 Å². The molecule has 0 fully saturated rings. The molecule has 3 aromatic rings. The molecule has 3 aromatic carbocycles. The van der Waals surface area contributed by atoms with Gasteiger partial charge in [0.15, 0.2) is 0 Å². The lowest BCUT2D eigenvalue weighted by molar-refractivity contribution is 0.456. The van der Waals surface area contributed by atoms with Crippen LogP contribution in [0, 0.1) is 6.92 Å². The topological polar surface area (TPSA) is 72.5 Å². The van der Waals surface area contributed by atoms with E-state index in [1.165, 1.54) is 0 Å². The van der Waals surface area contributed by atoms with Crippen molar-refractivity contribution in [3.8, 4) is 5.75 Å². The van der Waals surface area contributed by atoms with Gasteiger partial charge in [0.2, 0.25) is 10.0 Å². The highest BCUT2D eigenvalue weighted by Crippen LogP contribution is 2.58. The molecule has 1 unspecified atom stereocenters. The molecule has 0 bridgehead atoms. The summed E-state index contributed by atoms with van der Waals surface area (Å²) >= 11 is 6.24. The fourth-order valence-corrected chi connectivity index (χ4v) is 6.93. The van der Waals surface area contributed by atoms with E-state index in [4.69, 9.17) is 16.1 Å². The fourth-order valence-electron chi connectivity index (χ4n) is 3.36. The smallest absolute Gasteiger partial charge is 0.282 e. The third-order valence-corrected chi connectivity index (χ3v) is 10.3. The van der Waals surface area contributed by atoms with E-state index in [-0.39, 0.29) is 4.90 Å². The van der Waals surface area contributed by atoms with E-state index in [0.29, 0.717) is 21.6 Å². The normalized spacial score (nSPS) is 15.0. The van der Waals surface area contributed by atoms with Gasteiger partial charge in [0, 0.05) is 21.9 Å². The van der Waals surface area contributed by atoms with Gasteiger partial charge >= 0.3 is 0 Å². The van der Waals surface area contributed by atoms with Crippen molar-refractivity contribution in [1.29, 1.82) is 0 Å². The van der Waals surface area contributed by atoms with Crippen LogP contribution in [0.4, 0.5) is 0 Å². The van der Waals surface area contributed by atoms with Gasteiger partial charge in [-0.2, -0.15) is 0 Å². The van der Waals surface area contributed by atoms with Crippen LogP contribution in [0.3, 0.4) is 0 Å². The van der Waals surface area contributed by atoms with Crippen molar-refractivity contribution >= 4 is 34.3 Å². The summed E-state index contributed by atoms with van der Waals surface area (Å²) in [7, 11) is -7.19. The molecule has 0 aliphatic heterocycles. The maximum atomic E-state index is 14.2. The Balaban J connectivity index is 2.01. The number of halogens is 1. The highest BCUT2D eigenvalue weighted by molar-refractivity contribution is 7.89. The summed E-state index contributed by atoms with van der Waals surface area (Å²) in [4.78, 5) is 0.161. The quantitative estimate of drug-likeness (QED) is 0.373. The minimum Gasteiger partial charge on any atom is -0.439 e. The lowest BCUT2D eigenvalue weighted by Gasteiger charge is -2.32. The van der Waals surface area contributed by atoms with E-state index in [9.17, 15) is 13.0 Å². The van der Waals surface area contributed by atoms with Crippen molar-refractivity contribution in [2.24, 2.45) is 0 Å². The minimum atomic E-state index is -3.80. The largest absolute Gasteiger partial charge is 0.439 e. The third-order valence-electron chi connectivity index (χ3n) is 5.31. The number of benzene rings is 3. The molecule has 8 heteroatoms. The van der Waals surface area contributed by atoms with Crippen molar-refractivity contribution in [3.05, 3.63) is 88.9 Å². The van der Waals surface area contributed by atoms with Crippen LogP contribution >= 0.6 is 19.0 Å². The predicted molar refractivity (Wildman–Crippen MR) is 135 cm³/mol. The number of hydrogen-bond acceptors (Lipinski definition) is 4. The molecule has 1 N–H and O–H groups in total. The van der Waals surface area contributed by atoms with Crippen LogP contribution in [0.2, 0.25) is 5.02 Å². The van der Waals surface area contributed by atoms with E-state index in [2.05, 4.69) is 4.72 Å². The summed E-state index contributed by atoms with van der Waals surface area (Å²) in [5.74, 6) is 0.320. The number of hydrogen-bond donors (Lipinski definition) is 1. The van der Waals surface area contributed by atoms with Crippen molar-refractivity contribution in [3.63, 3.8) is 0 Å². The Kier molecular flexibility index (Phi) is 7.45. The first-order chi connectivity index (χ1) is 15.3. The Morgan fingerprint density at radius 1 is 0.970 bits per heavy atom. The predicted octanol–water partition coefficient (Wildman–Crippen LogP) is 6.47. The zero-order chi connectivity index (χ0) is 24.4. The minimum absolute atomic E-state index is 0.161. The number of rotatable bonds is 7. The van der Waals surface area contributed by atoms with Crippen LogP contribution in [0.25, 0.3) is 0 Å². The molecule has 5 nitrogen and oxygen atoms in total. The second-order valence-electron chi connectivity index (χ2n) is 8.99. The Morgan fingerprint density at radius 3 is 2.15 bits per heavy atom. The van der Waals surface area contributed by atoms with Gasteiger partial charge in [-0.15, -0.1) is 0 Å². The maximum absolute atomic E-state index is 14.2. The molecule has 0 radical (unpaired) electrons.